The molecule has 0 aromatic rings. The molecule has 0 N–H and O–H groups in total. The fraction of sp³-hybridized carbons (Fsp3) is 0.923. The number of unbranched alkanes of at least 4 members (excludes halogenated alkanes) is 26. The molecule has 0 spiro atoms. The van der Waals surface area contributed by atoms with Gasteiger partial charge in [0, 0.05) is 0 Å². The van der Waals surface area contributed by atoms with Gasteiger partial charge in [-0.3, -0.25) is 0 Å². The van der Waals surface area contributed by atoms with Gasteiger partial charge >= 0.3 is 6.16 Å². The fourth-order valence-corrected chi connectivity index (χ4v) is 5.65. The van der Waals surface area contributed by atoms with Crippen LogP contribution in [0.3, 0.4) is 0 Å². The lowest BCUT2D eigenvalue weighted by atomic mass is 10.0. The van der Waals surface area contributed by atoms with Crippen molar-refractivity contribution in [2.45, 2.75) is 213 Å². The number of rotatable bonds is 34. The van der Waals surface area contributed by atoms with E-state index in [4.69, 9.17) is 9.47 Å². The highest BCUT2D eigenvalue weighted by Gasteiger charge is 2.03. The standard InChI is InChI=1S/C39H76O3/c1-4-5-6-7-8-9-10-11-12-13-14-15-18-21-24-27-30-33-36-41-39(40)42-37-34-31-28-25-22-19-16-17-20-23-26-29-32-35-38(2)3/h13-14,38H,4-12,15-37H2,1-3H3/b14-13-. The molecular weight excluding hydrogens is 516 g/mol. The van der Waals surface area contributed by atoms with Crippen LogP contribution in [0.25, 0.3) is 0 Å². The maximum Gasteiger partial charge on any atom is 0.508 e. The van der Waals surface area contributed by atoms with Crippen molar-refractivity contribution in [1.29, 1.82) is 0 Å². The number of carbonyl (C=O) groups is 1. The Kier molecular flexibility index (Phi) is 35.3. The summed E-state index contributed by atoms with van der Waals surface area (Å²) in [7, 11) is 0. The van der Waals surface area contributed by atoms with Gasteiger partial charge in [0.1, 0.15) is 0 Å². The lowest BCUT2D eigenvalue weighted by molar-refractivity contribution is 0.0529. The SMILES string of the molecule is CCCCCCCCCC/C=C\CCCCCCCCOC(=O)OCCCCCCCCCCCCCCCC(C)C. The summed E-state index contributed by atoms with van der Waals surface area (Å²) in [5, 5.41) is 0. The molecule has 250 valence electrons. The minimum absolute atomic E-state index is 0.478. The number of carbonyl (C=O) groups excluding carboxylic acids is 1. The number of hydrogen-bond donors (Lipinski definition) is 0. The van der Waals surface area contributed by atoms with Gasteiger partial charge in [0.2, 0.25) is 0 Å². The number of allylic oxidation sites excluding steroid dienone is 2. The summed E-state index contributed by atoms with van der Waals surface area (Å²) in [6.45, 7) is 7.94. The summed E-state index contributed by atoms with van der Waals surface area (Å²) >= 11 is 0. The first kappa shape index (κ1) is 41.0. The lowest BCUT2D eigenvalue weighted by Gasteiger charge is -2.07. The van der Waals surface area contributed by atoms with Gasteiger partial charge in [0.25, 0.3) is 0 Å². The van der Waals surface area contributed by atoms with Crippen molar-refractivity contribution in [1.82, 2.24) is 0 Å². The molecule has 0 radical (unpaired) electrons. The van der Waals surface area contributed by atoms with E-state index >= 15 is 0 Å². The molecule has 0 unspecified atom stereocenters. The second-order valence-electron chi connectivity index (χ2n) is 13.4. The van der Waals surface area contributed by atoms with E-state index in [1.807, 2.05) is 0 Å². The maximum atomic E-state index is 11.7. The van der Waals surface area contributed by atoms with Crippen LogP contribution in [0.2, 0.25) is 0 Å². The van der Waals surface area contributed by atoms with Crippen LogP contribution in [0, 0.1) is 5.92 Å². The van der Waals surface area contributed by atoms with Gasteiger partial charge < -0.3 is 9.47 Å². The third-order valence-electron chi connectivity index (χ3n) is 8.52. The molecule has 3 heteroatoms. The van der Waals surface area contributed by atoms with Gasteiger partial charge in [0.05, 0.1) is 13.2 Å². The predicted molar refractivity (Wildman–Crippen MR) is 185 cm³/mol. The van der Waals surface area contributed by atoms with Gasteiger partial charge in [0.15, 0.2) is 0 Å². The van der Waals surface area contributed by atoms with Crippen LogP contribution in [0.4, 0.5) is 4.79 Å². The summed E-state index contributed by atoms with van der Waals surface area (Å²) in [6.07, 6.45) is 44.0. The molecule has 0 saturated carbocycles. The summed E-state index contributed by atoms with van der Waals surface area (Å²) in [4.78, 5) is 11.7. The third kappa shape index (κ3) is 37.0. The van der Waals surface area contributed by atoms with E-state index in [0.717, 1.165) is 31.6 Å². The van der Waals surface area contributed by atoms with Crippen molar-refractivity contribution in [3.63, 3.8) is 0 Å². The van der Waals surface area contributed by atoms with Gasteiger partial charge in [-0.05, 0) is 44.4 Å². The van der Waals surface area contributed by atoms with Crippen molar-refractivity contribution < 1.29 is 14.3 Å². The average molecular weight is 593 g/mol. The summed E-state index contributed by atoms with van der Waals surface area (Å²) in [5.41, 5.74) is 0. The molecule has 0 aliphatic carbocycles. The molecule has 0 atom stereocenters. The number of hydrogen-bond acceptors (Lipinski definition) is 3. The van der Waals surface area contributed by atoms with Crippen molar-refractivity contribution in [3.8, 4) is 0 Å². The number of ether oxygens (including phenoxy) is 2. The van der Waals surface area contributed by atoms with Crippen LogP contribution in [-0.4, -0.2) is 19.4 Å². The highest BCUT2D eigenvalue weighted by Crippen LogP contribution is 2.15. The summed E-state index contributed by atoms with van der Waals surface area (Å²) < 4.78 is 10.5. The van der Waals surface area contributed by atoms with E-state index in [-0.39, 0.29) is 0 Å². The van der Waals surface area contributed by atoms with Crippen LogP contribution in [0.1, 0.15) is 213 Å². The Labute approximate surface area is 264 Å². The molecule has 0 aromatic carbocycles. The van der Waals surface area contributed by atoms with Crippen molar-refractivity contribution in [2.24, 2.45) is 5.92 Å². The van der Waals surface area contributed by atoms with Gasteiger partial charge in [-0.2, -0.15) is 0 Å². The zero-order chi connectivity index (χ0) is 30.6. The van der Waals surface area contributed by atoms with E-state index in [9.17, 15) is 4.79 Å². The molecule has 0 saturated heterocycles. The zero-order valence-electron chi connectivity index (χ0n) is 29.1. The smallest absolute Gasteiger partial charge is 0.434 e. The molecule has 42 heavy (non-hydrogen) atoms. The van der Waals surface area contributed by atoms with E-state index in [1.54, 1.807) is 0 Å². The van der Waals surface area contributed by atoms with E-state index < -0.39 is 6.16 Å². The molecule has 0 aliphatic rings. The Bertz CT molecular complexity index is 542. The van der Waals surface area contributed by atoms with Crippen molar-refractivity contribution in [3.05, 3.63) is 12.2 Å². The second kappa shape index (κ2) is 36.2. The Morgan fingerprint density at radius 1 is 0.452 bits per heavy atom. The second-order valence-corrected chi connectivity index (χ2v) is 13.4. The largest absolute Gasteiger partial charge is 0.508 e. The minimum Gasteiger partial charge on any atom is -0.434 e. The molecule has 0 fully saturated rings. The molecule has 0 amide bonds. The van der Waals surface area contributed by atoms with Crippen LogP contribution in [0.15, 0.2) is 12.2 Å². The summed E-state index contributed by atoms with van der Waals surface area (Å²) in [6, 6.07) is 0. The monoisotopic (exact) mass is 593 g/mol. The van der Waals surface area contributed by atoms with E-state index in [1.165, 1.54) is 167 Å². The van der Waals surface area contributed by atoms with Crippen molar-refractivity contribution >= 4 is 6.16 Å². The van der Waals surface area contributed by atoms with E-state index in [0.29, 0.717) is 13.2 Å². The van der Waals surface area contributed by atoms with Gasteiger partial charge in [-0.1, -0.05) is 187 Å². The maximum absolute atomic E-state index is 11.7. The molecule has 3 nitrogen and oxygen atoms in total. The molecule has 0 heterocycles. The normalized spacial score (nSPS) is 11.6. The van der Waals surface area contributed by atoms with Gasteiger partial charge in [-0.15, -0.1) is 0 Å². The quantitative estimate of drug-likeness (QED) is 0.0423. The Hall–Kier alpha value is -0.990. The first-order valence-electron chi connectivity index (χ1n) is 19.1. The third-order valence-corrected chi connectivity index (χ3v) is 8.52. The van der Waals surface area contributed by atoms with Crippen LogP contribution < -0.4 is 0 Å². The highest BCUT2D eigenvalue weighted by molar-refractivity contribution is 5.59. The molecular formula is C39H76O3. The highest BCUT2D eigenvalue weighted by atomic mass is 16.7. The minimum atomic E-state index is -0.478. The zero-order valence-corrected chi connectivity index (χ0v) is 29.1. The lowest BCUT2D eigenvalue weighted by Crippen LogP contribution is -2.09. The van der Waals surface area contributed by atoms with Crippen LogP contribution in [0.5, 0.6) is 0 Å². The Morgan fingerprint density at radius 2 is 0.762 bits per heavy atom. The average Bonchev–Trinajstić information content (AvgIpc) is 2.98. The Balaban J connectivity index is 3.19. The van der Waals surface area contributed by atoms with Crippen LogP contribution in [-0.2, 0) is 9.47 Å². The van der Waals surface area contributed by atoms with Gasteiger partial charge in [-0.25, -0.2) is 4.79 Å². The first-order valence-corrected chi connectivity index (χ1v) is 19.1. The molecule has 0 aliphatic heterocycles. The topological polar surface area (TPSA) is 35.5 Å². The molecule has 0 rings (SSSR count). The Morgan fingerprint density at radius 3 is 1.12 bits per heavy atom. The predicted octanol–water partition coefficient (Wildman–Crippen LogP) is 14.1. The molecule has 0 bridgehead atoms. The van der Waals surface area contributed by atoms with E-state index in [2.05, 4.69) is 32.9 Å². The summed E-state index contributed by atoms with van der Waals surface area (Å²) in [5.74, 6) is 0.866. The first-order chi connectivity index (χ1) is 20.7. The van der Waals surface area contributed by atoms with Crippen molar-refractivity contribution in [2.75, 3.05) is 13.2 Å². The molecule has 0 aromatic heterocycles. The fourth-order valence-electron chi connectivity index (χ4n) is 5.65. The van der Waals surface area contributed by atoms with Crippen LogP contribution >= 0.6 is 0 Å².